The predicted molar refractivity (Wildman–Crippen MR) is 91.4 cm³/mol. The Kier molecular flexibility index (Phi) is 6.91. The predicted octanol–water partition coefficient (Wildman–Crippen LogP) is 5.33. The van der Waals surface area contributed by atoms with E-state index in [1.54, 1.807) is 0 Å². The molecule has 0 aliphatic rings. The Morgan fingerprint density at radius 2 is 1.10 bits per heavy atom. The SMILES string of the molecule is CC.Cc1ccc(/C=C/C=C/c2ccc(N)cc2)cc1. The Morgan fingerprint density at radius 1 is 0.700 bits per heavy atom. The second kappa shape index (κ2) is 8.76. The number of hydrogen-bond donors (Lipinski definition) is 1. The van der Waals surface area contributed by atoms with Crippen LogP contribution in [0, 0.1) is 6.92 Å². The topological polar surface area (TPSA) is 26.0 Å². The first-order valence-corrected chi connectivity index (χ1v) is 7.01. The molecule has 0 aliphatic carbocycles. The number of nitrogens with two attached hydrogens (primary N) is 1. The van der Waals surface area contributed by atoms with Crippen molar-refractivity contribution in [1.29, 1.82) is 0 Å². The zero-order valence-corrected chi connectivity index (χ0v) is 12.5. The van der Waals surface area contributed by atoms with E-state index in [2.05, 4.69) is 43.3 Å². The van der Waals surface area contributed by atoms with Gasteiger partial charge in [0.25, 0.3) is 0 Å². The van der Waals surface area contributed by atoms with Gasteiger partial charge in [0.15, 0.2) is 0 Å². The Bertz CT molecular complexity index is 492. The fourth-order valence-corrected chi connectivity index (χ4v) is 1.62. The van der Waals surface area contributed by atoms with Crippen LogP contribution in [0.3, 0.4) is 0 Å². The third-order valence-corrected chi connectivity index (χ3v) is 2.70. The molecule has 0 amide bonds. The molecule has 2 aromatic carbocycles. The van der Waals surface area contributed by atoms with E-state index in [4.69, 9.17) is 5.73 Å². The Balaban J connectivity index is 0.000000956. The van der Waals surface area contributed by atoms with E-state index >= 15 is 0 Å². The molecule has 2 N–H and O–H groups in total. The highest BCUT2D eigenvalue weighted by atomic mass is 14.5. The number of benzene rings is 2. The maximum Gasteiger partial charge on any atom is 0.0314 e. The van der Waals surface area contributed by atoms with Crippen molar-refractivity contribution in [2.75, 3.05) is 5.73 Å². The van der Waals surface area contributed by atoms with E-state index in [0.717, 1.165) is 11.3 Å². The van der Waals surface area contributed by atoms with Crippen LogP contribution in [-0.2, 0) is 0 Å². The van der Waals surface area contributed by atoms with Crippen LogP contribution in [0.1, 0.15) is 30.5 Å². The zero-order valence-electron chi connectivity index (χ0n) is 12.5. The van der Waals surface area contributed by atoms with Gasteiger partial charge in [-0.1, -0.05) is 80.1 Å². The third kappa shape index (κ3) is 5.57. The monoisotopic (exact) mass is 265 g/mol. The molecular formula is C19H23N. The van der Waals surface area contributed by atoms with E-state index in [-0.39, 0.29) is 0 Å². The lowest BCUT2D eigenvalue weighted by Gasteiger charge is -1.94. The van der Waals surface area contributed by atoms with E-state index in [0.29, 0.717) is 0 Å². The number of nitrogen functional groups attached to an aromatic ring is 1. The summed E-state index contributed by atoms with van der Waals surface area (Å²) in [5, 5.41) is 0. The quantitative estimate of drug-likeness (QED) is 0.589. The van der Waals surface area contributed by atoms with Crippen LogP contribution in [0.4, 0.5) is 5.69 Å². The van der Waals surface area contributed by atoms with Crippen molar-refractivity contribution in [1.82, 2.24) is 0 Å². The minimum Gasteiger partial charge on any atom is -0.399 e. The van der Waals surface area contributed by atoms with Crippen molar-refractivity contribution in [2.45, 2.75) is 20.8 Å². The lowest BCUT2D eigenvalue weighted by atomic mass is 10.1. The normalized spacial score (nSPS) is 10.6. The van der Waals surface area contributed by atoms with E-state index in [1.165, 1.54) is 11.1 Å². The molecule has 0 saturated carbocycles. The molecule has 20 heavy (non-hydrogen) atoms. The van der Waals surface area contributed by atoms with Crippen molar-refractivity contribution in [2.24, 2.45) is 0 Å². The first-order chi connectivity index (χ1) is 9.74. The summed E-state index contributed by atoms with van der Waals surface area (Å²) in [6, 6.07) is 16.3. The molecule has 1 nitrogen and oxygen atoms in total. The number of hydrogen-bond acceptors (Lipinski definition) is 1. The first-order valence-electron chi connectivity index (χ1n) is 7.01. The van der Waals surface area contributed by atoms with Gasteiger partial charge in [0.1, 0.15) is 0 Å². The van der Waals surface area contributed by atoms with Gasteiger partial charge in [-0.25, -0.2) is 0 Å². The summed E-state index contributed by atoms with van der Waals surface area (Å²) >= 11 is 0. The molecule has 0 aliphatic heterocycles. The van der Waals surface area contributed by atoms with Crippen LogP contribution in [-0.4, -0.2) is 0 Å². The lowest BCUT2D eigenvalue weighted by Crippen LogP contribution is -1.82. The van der Waals surface area contributed by atoms with Crippen molar-refractivity contribution in [3.8, 4) is 0 Å². The number of anilines is 1. The van der Waals surface area contributed by atoms with Crippen molar-refractivity contribution >= 4 is 17.8 Å². The number of aryl methyl sites for hydroxylation is 1. The van der Waals surface area contributed by atoms with Crippen molar-refractivity contribution in [3.05, 3.63) is 77.4 Å². The molecular weight excluding hydrogens is 242 g/mol. The van der Waals surface area contributed by atoms with Crippen LogP contribution in [0.2, 0.25) is 0 Å². The third-order valence-electron chi connectivity index (χ3n) is 2.70. The van der Waals surface area contributed by atoms with E-state index < -0.39 is 0 Å². The average Bonchev–Trinajstić information content (AvgIpc) is 2.49. The fourth-order valence-electron chi connectivity index (χ4n) is 1.62. The smallest absolute Gasteiger partial charge is 0.0314 e. The van der Waals surface area contributed by atoms with Crippen molar-refractivity contribution in [3.63, 3.8) is 0 Å². The molecule has 0 radical (unpaired) electrons. The molecule has 0 atom stereocenters. The summed E-state index contributed by atoms with van der Waals surface area (Å²) in [7, 11) is 0. The average molecular weight is 265 g/mol. The van der Waals surface area contributed by atoms with Gasteiger partial charge < -0.3 is 5.73 Å². The zero-order chi connectivity index (χ0) is 14.8. The Morgan fingerprint density at radius 3 is 1.55 bits per heavy atom. The van der Waals surface area contributed by atoms with Crippen LogP contribution in [0.15, 0.2) is 60.7 Å². The van der Waals surface area contributed by atoms with Gasteiger partial charge in [0.05, 0.1) is 0 Å². The van der Waals surface area contributed by atoms with Crippen LogP contribution < -0.4 is 5.73 Å². The summed E-state index contributed by atoms with van der Waals surface area (Å²) in [6.45, 7) is 6.09. The van der Waals surface area contributed by atoms with Gasteiger partial charge in [-0.05, 0) is 30.2 Å². The molecule has 0 fully saturated rings. The summed E-state index contributed by atoms with van der Waals surface area (Å²) < 4.78 is 0. The largest absolute Gasteiger partial charge is 0.399 e. The molecule has 0 aromatic heterocycles. The summed E-state index contributed by atoms with van der Waals surface area (Å²) in [5.74, 6) is 0. The highest BCUT2D eigenvalue weighted by Gasteiger charge is 1.86. The Labute approximate surface area is 122 Å². The van der Waals surface area contributed by atoms with Crippen LogP contribution >= 0.6 is 0 Å². The van der Waals surface area contributed by atoms with Crippen LogP contribution in [0.25, 0.3) is 12.2 Å². The van der Waals surface area contributed by atoms with Gasteiger partial charge in [0, 0.05) is 5.69 Å². The highest BCUT2D eigenvalue weighted by molar-refractivity contribution is 5.58. The lowest BCUT2D eigenvalue weighted by molar-refractivity contribution is 1.46. The van der Waals surface area contributed by atoms with E-state index in [9.17, 15) is 0 Å². The number of allylic oxidation sites excluding steroid dienone is 2. The fraction of sp³-hybridized carbons (Fsp3) is 0.158. The second-order valence-electron chi connectivity index (χ2n) is 4.30. The minimum atomic E-state index is 0.794. The van der Waals surface area contributed by atoms with Gasteiger partial charge in [-0.3, -0.25) is 0 Å². The molecule has 2 aromatic rings. The maximum absolute atomic E-state index is 5.63. The standard InChI is InChI=1S/C17H17N.C2H6/c1-14-6-8-15(9-7-14)4-2-3-5-16-10-12-17(18)13-11-16;1-2/h2-13H,18H2,1H3;1-2H3/b4-2+,5-3+;. The second-order valence-corrected chi connectivity index (χ2v) is 4.30. The van der Waals surface area contributed by atoms with Crippen LogP contribution in [0.5, 0.6) is 0 Å². The van der Waals surface area contributed by atoms with Gasteiger partial charge >= 0.3 is 0 Å². The molecule has 0 unspecified atom stereocenters. The van der Waals surface area contributed by atoms with Gasteiger partial charge in [-0.2, -0.15) is 0 Å². The highest BCUT2D eigenvalue weighted by Crippen LogP contribution is 2.08. The summed E-state index contributed by atoms with van der Waals surface area (Å²) in [5.41, 5.74) is 10.1. The summed E-state index contributed by atoms with van der Waals surface area (Å²) in [4.78, 5) is 0. The molecule has 0 heterocycles. The number of rotatable bonds is 3. The Hall–Kier alpha value is -2.28. The molecule has 0 spiro atoms. The molecule has 2 rings (SSSR count). The molecule has 0 saturated heterocycles. The van der Waals surface area contributed by atoms with Crippen molar-refractivity contribution < 1.29 is 0 Å². The first kappa shape index (κ1) is 15.8. The van der Waals surface area contributed by atoms with Gasteiger partial charge in [0.2, 0.25) is 0 Å². The molecule has 1 heteroatoms. The maximum atomic E-state index is 5.63. The molecule has 0 bridgehead atoms. The minimum absolute atomic E-state index is 0.794. The summed E-state index contributed by atoms with van der Waals surface area (Å²) in [6.07, 6.45) is 8.23. The van der Waals surface area contributed by atoms with E-state index in [1.807, 2.05) is 50.3 Å². The molecule has 104 valence electrons. The van der Waals surface area contributed by atoms with Gasteiger partial charge in [-0.15, -0.1) is 0 Å².